The normalized spacial score (nSPS) is 10.2. The maximum absolute atomic E-state index is 8.85. The second-order valence-corrected chi connectivity index (χ2v) is 3.01. The van der Waals surface area contributed by atoms with Gasteiger partial charge in [0.25, 0.3) is 0 Å². The first-order valence-corrected chi connectivity index (χ1v) is 4.36. The minimum absolute atomic E-state index is 0.720. The fraction of sp³-hybridized carbons (Fsp3) is 0.182. The molecule has 13 heavy (non-hydrogen) atoms. The first-order chi connectivity index (χ1) is 6.36. The number of rotatable bonds is 1. The number of benzene rings is 1. The van der Waals surface area contributed by atoms with E-state index >= 15 is 0 Å². The minimum atomic E-state index is 0.720. The van der Waals surface area contributed by atoms with Crippen LogP contribution in [0.3, 0.4) is 0 Å². The van der Waals surface area contributed by atoms with Crippen molar-refractivity contribution in [3.05, 3.63) is 35.5 Å². The molecule has 1 N–H and O–H groups in total. The van der Waals surface area contributed by atoms with Crippen molar-refractivity contribution in [3.63, 3.8) is 0 Å². The van der Waals surface area contributed by atoms with Crippen molar-refractivity contribution >= 4 is 10.9 Å². The topological polar surface area (TPSA) is 39.6 Å². The van der Waals surface area contributed by atoms with Gasteiger partial charge in [-0.3, -0.25) is 0 Å². The number of aromatic amines is 1. The molecule has 64 valence electrons. The Hall–Kier alpha value is -1.75. The number of hydrogen-bond acceptors (Lipinski definition) is 1. The Bertz CT molecular complexity index is 474. The molecule has 1 aromatic heterocycles. The van der Waals surface area contributed by atoms with E-state index in [1.54, 1.807) is 0 Å². The molecule has 0 aliphatic heterocycles. The molecule has 0 spiro atoms. The van der Waals surface area contributed by atoms with Gasteiger partial charge in [-0.15, -0.1) is 0 Å². The molecular formula is C11H10N2. The van der Waals surface area contributed by atoms with E-state index in [0.717, 1.165) is 17.5 Å². The molecule has 2 rings (SSSR count). The summed E-state index contributed by atoms with van der Waals surface area (Å²) in [6.45, 7) is 2.11. The molecule has 0 aliphatic carbocycles. The molecular weight excluding hydrogens is 160 g/mol. The molecule has 0 saturated carbocycles. The fourth-order valence-electron chi connectivity index (χ4n) is 1.60. The van der Waals surface area contributed by atoms with Crippen molar-refractivity contribution in [3.8, 4) is 6.07 Å². The molecule has 0 radical (unpaired) electrons. The largest absolute Gasteiger partial charge is 0.360 e. The van der Waals surface area contributed by atoms with Crippen molar-refractivity contribution in [1.29, 1.82) is 5.26 Å². The first-order valence-electron chi connectivity index (χ1n) is 4.36. The zero-order valence-electron chi connectivity index (χ0n) is 7.46. The van der Waals surface area contributed by atoms with Crippen molar-refractivity contribution in [2.75, 3.05) is 0 Å². The molecule has 2 nitrogen and oxygen atoms in total. The van der Waals surface area contributed by atoms with Gasteiger partial charge in [-0.25, -0.2) is 0 Å². The lowest BCUT2D eigenvalue weighted by molar-refractivity contribution is 1.15. The third-order valence-electron chi connectivity index (χ3n) is 2.30. The van der Waals surface area contributed by atoms with Gasteiger partial charge in [0.2, 0.25) is 0 Å². The predicted molar refractivity (Wildman–Crippen MR) is 52.4 cm³/mol. The maximum atomic E-state index is 8.85. The van der Waals surface area contributed by atoms with Gasteiger partial charge in [0.15, 0.2) is 0 Å². The minimum Gasteiger partial charge on any atom is -0.360 e. The molecule has 0 unspecified atom stereocenters. The number of nitriles is 1. The number of hydrogen-bond donors (Lipinski definition) is 1. The van der Waals surface area contributed by atoms with Crippen LogP contribution in [0.1, 0.15) is 18.1 Å². The summed E-state index contributed by atoms with van der Waals surface area (Å²) in [6.07, 6.45) is 2.97. The lowest BCUT2D eigenvalue weighted by Gasteiger charge is -1.94. The summed E-state index contributed by atoms with van der Waals surface area (Å²) in [5.41, 5.74) is 2.95. The van der Waals surface area contributed by atoms with Crippen LogP contribution in [-0.4, -0.2) is 4.98 Å². The third kappa shape index (κ3) is 1.09. The van der Waals surface area contributed by atoms with Gasteiger partial charge in [-0.1, -0.05) is 19.1 Å². The average molecular weight is 170 g/mol. The smallest absolute Gasteiger partial charge is 0.101 e. The first kappa shape index (κ1) is 7.88. The fourth-order valence-corrected chi connectivity index (χ4v) is 1.60. The van der Waals surface area contributed by atoms with Crippen molar-refractivity contribution < 1.29 is 0 Å². The number of aryl methyl sites for hydroxylation is 1. The summed E-state index contributed by atoms with van der Waals surface area (Å²) >= 11 is 0. The Balaban J connectivity index is 2.81. The quantitative estimate of drug-likeness (QED) is 0.702. The van der Waals surface area contributed by atoms with Gasteiger partial charge in [-0.05, 0) is 18.1 Å². The highest BCUT2D eigenvalue weighted by molar-refractivity contribution is 5.87. The van der Waals surface area contributed by atoms with Crippen molar-refractivity contribution in [2.24, 2.45) is 0 Å². The summed E-state index contributed by atoms with van der Waals surface area (Å²) < 4.78 is 0. The van der Waals surface area contributed by atoms with Crippen LogP contribution >= 0.6 is 0 Å². The van der Waals surface area contributed by atoms with E-state index in [-0.39, 0.29) is 0 Å². The molecule has 0 amide bonds. The monoisotopic (exact) mass is 170 g/mol. The van der Waals surface area contributed by atoms with Gasteiger partial charge < -0.3 is 4.98 Å². The van der Waals surface area contributed by atoms with E-state index in [2.05, 4.69) is 18.0 Å². The van der Waals surface area contributed by atoms with E-state index in [1.807, 2.05) is 24.4 Å². The lowest BCUT2D eigenvalue weighted by Crippen LogP contribution is -1.78. The van der Waals surface area contributed by atoms with Crippen LogP contribution in [0.5, 0.6) is 0 Å². The summed E-state index contributed by atoms with van der Waals surface area (Å²) in [5, 5.41) is 10.0. The van der Waals surface area contributed by atoms with Crippen LogP contribution in [0.15, 0.2) is 24.4 Å². The number of para-hydroxylation sites is 1. The van der Waals surface area contributed by atoms with Crippen LogP contribution in [0, 0.1) is 11.3 Å². The van der Waals surface area contributed by atoms with E-state index < -0.39 is 0 Å². The van der Waals surface area contributed by atoms with E-state index in [0.29, 0.717) is 0 Å². The molecule has 2 heteroatoms. The molecule has 0 atom stereocenters. The second kappa shape index (κ2) is 2.95. The molecule has 0 saturated heterocycles. The summed E-state index contributed by atoms with van der Waals surface area (Å²) in [6, 6.07) is 7.98. The van der Waals surface area contributed by atoms with Crippen LogP contribution in [0.25, 0.3) is 10.9 Å². The van der Waals surface area contributed by atoms with Crippen LogP contribution in [-0.2, 0) is 6.42 Å². The van der Waals surface area contributed by atoms with Crippen molar-refractivity contribution in [2.45, 2.75) is 13.3 Å². The zero-order valence-corrected chi connectivity index (χ0v) is 7.46. The Morgan fingerprint density at radius 1 is 1.46 bits per heavy atom. The number of aromatic nitrogens is 1. The highest BCUT2D eigenvalue weighted by Gasteiger charge is 2.04. The molecule has 1 heterocycles. The lowest BCUT2D eigenvalue weighted by atomic mass is 10.1. The van der Waals surface area contributed by atoms with Crippen molar-refractivity contribution in [1.82, 2.24) is 4.98 Å². The van der Waals surface area contributed by atoms with E-state index in [9.17, 15) is 0 Å². The molecule has 0 bridgehead atoms. The van der Waals surface area contributed by atoms with Crippen LogP contribution in [0.2, 0.25) is 0 Å². The number of nitrogens with zero attached hydrogens (tertiary/aromatic N) is 1. The van der Waals surface area contributed by atoms with Gasteiger partial charge in [0.05, 0.1) is 11.1 Å². The summed E-state index contributed by atoms with van der Waals surface area (Å²) in [7, 11) is 0. The Morgan fingerprint density at radius 3 is 3.00 bits per heavy atom. The van der Waals surface area contributed by atoms with Crippen LogP contribution < -0.4 is 0 Å². The SMILES string of the molecule is CCc1c[nH]c2c(C#N)cccc12. The van der Waals surface area contributed by atoms with Gasteiger partial charge >= 0.3 is 0 Å². The summed E-state index contributed by atoms with van der Waals surface area (Å²) in [4.78, 5) is 3.14. The molecule has 2 aromatic rings. The van der Waals surface area contributed by atoms with Gasteiger partial charge in [0.1, 0.15) is 6.07 Å². The predicted octanol–water partition coefficient (Wildman–Crippen LogP) is 2.60. The van der Waals surface area contributed by atoms with Crippen LogP contribution in [0.4, 0.5) is 0 Å². The Labute approximate surface area is 76.8 Å². The second-order valence-electron chi connectivity index (χ2n) is 3.01. The number of H-pyrrole nitrogens is 1. The number of nitrogens with one attached hydrogen (secondary N) is 1. The summed E-state index contributed by atoms with van der Waals surface area (Å²) in [5.74, 6) is 0. The third-order valence-corrected chi connectivity index (χ3v) is 2.30. The molecule has 0 aliphatic rings. The highest BCUT2D eigenvalue weighted by atomic mass is 14.7. The standard InChI is InChI=1S/C11H10N2/c1-2-8-7-13-11-9(6-12)4-3-5-10(8)11/h3-5,7,13H,2H2,1H3. The van der Waals surface area contributed by atoms with E-state index in [1.165, 1.54) is 10.9 Å². The van der Waals surface area contributed by atoms with Gasteiger partial charge in [0, 0.05) is 11.6 Å². The molecule has 0 fully saturated rings. The Kier molecular flexibility index (Phi) is 1.79. The maximum Gasteiger partial charge on any atom is 0.101 e. The van der Waals surface area contributed by atoms with Gasteiger partial charge in [-0.2, -0.15) is 5.26 Å². The van der Waals surface area contributed by atoms with E-state index in [4.69, 9.17) is 5.26 Å². The molecule has 1 aromatic carbocycles. The average Bonchev–Trinajstić information content (AvgIpc) is 2.60. The number of fused-ring (bicyclic) bond motifs is 1. The highest BCUT2D eigenvalue weighted by Crippen LogP contribution is 2.21. The zero-order chi connectivity index (χ0) is 9.26. The Morgan fingerprint density at radius 2 is 2.31 bits per heavy atom.